The molecule has 26 heavy (non-hydrogen) atoms. The van der Waals surface area contributed by atoms with Crippen LogP contribution in [0, 0.1) is 0 Å². The van der Waals surface area contributed by atoms with Crippen LogP contribution in [0.25, 0.3) is 6.08 Å². The van der Waals surface area contributed by atoms with Gasteiger partial charge < -0.3 is 4.74 Å². The minimum Gasteiger partial charge on any atom is -0.494 e. The summed E-state index contributed by atoms with van der Waals surface area (Å²) < 4.78 is 5.58. The van der Waals surface area contributed by atoms with E-state index in [2.05, 4.69) is 11.9 Å². The molecule has 1 fully saturated rings. The number of hydrogen-bond acceptors (Lipinski definition) is 4. The molecule has 0 saturated carbocycles. The molecule has 1 saturated heterocycles. The molecule has 0 aliphatic carbocycles. The number of thioether (sulfide) groups is 1. The normalized spacial score (nSPS) is 17.3. The first-order valence-corrected chi connectivity index (χ1v) is 9.51. The zero-order chi connectivity index (χ0) is 18.5. The SMILES string of the molecule is CCCOc1ccc(/C=C2/SC(=Nc3ccc(Cl)cc3)N(C)C2=O)cc1. The summed E-state index contributed by atoms with van der Waals surface area (Å²) >= 11 is 7.26. The highest BCUT2D eigenvalue weighted by molar-refractivity contribution is 8.18. The zero-order valence-electron chi connectivity index (χ0n) is 14.6. The van der Waals surface area contributed by atoms with E-state index in [0.717, 1.165) is 23.4 Å². The predicted octanol–water partition coefficient (Wildman–Crippen LogP) is 5.36. The molecule has 1 aliphatic heterocycles. The summed E-state index contributed by atoms with van der Waals surface area (Å²) in [6.07, 6.45) is 2.84. The molecule has 2 aromatic carbocycles. The van der Waals surface area contributed by atoms with Crippen LogP contribution in [0.2, 0.25) is 5.02 Å². The average Bonchev–Trinajstić information content (AvgIpc) is 2.91. The minimum absolute atomic E-state index is 0.0611. The van der Waals surface area contributed by atoms with Gasteiger partial charge in [0.1, 0.15) is 5.75 Å². The van der Waals surface area contributed by atoms with Gasteiger partial charge in [0.2, 0.25) is 0 Å². The van der Waals surface area contributed by atoms with Gasteiger partial charge in [-0.3, -0.25) is 9.69 Å². The third-order valence-corrected chi connectivity index (χ3v) is 5.02. The molecule has 0 aromatic heterocycles. The third kappa shape index (κ3) is 4.48. The van der Waals surface area contributed by atoms with E-state index in [-0.39, 0.29) is 5.91 Å². The van der Waals surface area contributed by atoms with E-state index in [1.165, 1.54) is 11.8 Å². The minimum atomic E-state index is -0.0611. The second-order valence-electron chi connectivity index (χ2n) is 5.76. The molecular weight excluding hydrogens is 368 g/mol. The first kappa shape index (κ1) is 18.5. The summed E-state index contributed by atoms with van der Waals surface area (Å²) in [5, 5.41) is 1.30. The summed E-state index contributed by atoms with van der Waals surface area (Å²) in [5.74, 6) is 0.774. The number of carbonyl (C=O) groups is 1. The van der Waals surface area contributed by atoms with E-state index in [0.29, 0.717) is 21.7 Å². The van der Waals surface area contributed by atoms with Crippen LogP contribution in [0.3, 0.4) is 0 Å². The van der Waals surface area contributed by atoms with Crippen LogP contribution >= 0.6 is 23.4 Å². The highest BCUT2D eigenvalue weighted by Crippen LogP contribution is 2.33. The van der Waals surface area contributed by atoms with Crippen molar-refractivity contribution in [2.45, 2.75) is 13.3 Å². The Kier molecular flexibility index (Phi) is 6.01. The Morgan fingerprint density at radius 1 is 1.15 bits per heavy atom. The maximum Gasteiger partial charge on any atom is 0.266 e. The second kappa shape index (κ2) is 8.43. The lowest BCUT2D eigenvalue weighted by molar-refractivity contribution is -0.121. The molecule has 1 amide bonds. The standard InChI is InChI=1S/C20H19ClN2O2S/c1-3-12-25-17-10-4-14(5-11-17)13-18-19(24)23(2)20(26-18)22-16-8-6-15(21)7-9-16/h4-11,13H,3,12H2,1-2H3/b18-13+,22-20?. The monoisotopic (exact) mass is 386 g/mol. The van der Waals surface area contributed by atoms with Crippen molar-refractivity contribution in [1.82, 2.24) is 4.90 Å². The lowest BCUT2D eigenvalue weighted by Gasteiger charge is -2.07. The molecule has 0 spiro atoms. The third-order valence-electron chi connectivity index (χ3n) is 3.71. The van der Waals surface area contributed by atoms with Gasteiger partial charge in [-0.25, -0.2) is 4.99 Å². The lowest BCUT2D eigenvalue weighted by Crippen LogP contribution is -2.23. The Morgan fingerprint density at radius 3 is 2.50 bits per heavy atom. The van der Waals surface area contributed by atoms with Crippen molar-refractivity contribution in [3.8, 4) is 5.75 Å². The fourth-order valence-electron chi connectivity index (χ4n) is 2.31. The summed E-state index contributed by atoms with van der Waals surface area (Å²) in [6, 6.07) is 14.9. The van der Waals surface area contributed by atoms with Crippen molar-refractivity contribution in [2.24, 2.45) is 4.99 Å². The molecule has 3 rings (SSSR count). The molecule has 0 radical (unpaired) electrons. The van der Waals surface area contributed by atoms with E-state index in [4.69, 9.17) is 16.3 Å². The molecule has 0 atom stereocenters. The van der Waals surface area contributed by atoms with Gasteiger partial charge in [-0.05, 0) is 66.2 Å². The highest BCUT2D eigenvalue weighted by atomic mass is 35.5. The van der Waals surface area contributed by atoms with Crippen molar-refractivity contribution >= 4 is 46.2 Å². The second-order valence-corrected chi connectivity index (χ2v) is 7.21. The average molecular weight is 387 g/mol. The van der Waals surface area contributed by atoms with Crippen LogP contribution in [0.15, 0.2) is 58.4 Å². The van der Waals surface area contributed by atoms with Gasteiger partial charge in [0, 0.05) is 12.1 Å². The van der Waals surface area contributed by atoms with Gasteiger partial charge in [-0.2, -0.15) is 0 Å². The van der Waals surface area contributed by atoms with Crippen molar-refractivity contribution < 1.29 is 9.53 Å². The lowest BCUT2D eigenvalue weighted by atomic mass is 10.2. The van der Waals surface area contributed by atoms with E-state index in [9.17, 15) is 4.79 Å². The Balaban J connectivity index is 1.77. The van der Waals surface area contributed by atoms with Gasteiger partial charge >= 0.3 is 0 Å². The van der Waals surface area contributed by atoms with Crippen molar-refractivity contribution in [2.75, 3.05) is 13.7 Å². The Morgan fingerprint density at radius 2 is 1.85 bits per heavy atom. The summed E-state index contributed by atoms with van der Waals surface area (Å²) in [5.41, 5.74) is 1.71. The Bertz CT molecular complexity index is 845. The highest BCUT2D eigenvalue weighted by Gasteiger charge is 2.30. The summed E-state index contributed by atoms with van der Waals surface area (Å²) in [7, 11) is 1.73. The van der Waals surface area contributed by atoms with Crippen molar-refractivity contribution in [1.29, 1.82) is 0 Å². The van der Waals surface area contributed by atoms with Crippen LogP contribution in [0.5, 0.6) is 5.75 Å². The number of carbonyl (C=O) groups excluding carboxylic acids is 1. The molecular formula is C20H19ClN2O2S. The largest absolute Gasteiger partial charge is 0.494 e. The fraction of sp³-hybridized carbons (Fsp3) is 0.200. The molecule has 2 aromatic rings. The van der Waals surface area contributed by atoms with E-state index < -0.39 is 0 Å². The first-order chi connectivity index (χ1) is 12.6. The molecule has 0 bridgehead atoms. The molecule has 134 valence electrons. The summed E-state index contributed by atoms with van der Waals surface area (Å²) in [6.45, 7) is 2.77. The number of aliphatic imine (C=N–C) groups is 1. The molecule has 0 N–H and O–H groups in total. The molecule has 6 heteroatoms. The molecule has 0 unspecified atom stereocenters. The van der Waals surface area contributed by atoms with Gasteiger partial charge in [-0.1, -0.05) is 30.7 Å². The number of halogens is 1. The van der Waals surface area contributed by atoms with Crippen LogP contribution in [0.4, 0.5) is 5.69 Å². The smallest absolute Gasteiger partial charge is 0.266 e. The number of benzene rings is 2. The van der Waals surface area contributed by atoms with Crippen molar-refractivity contribution in [3.05, 3.63) is 64.0 Å². The number of likely N-dealkylation sites (N-methyl/N-ethyl adjacent to an activating group) is 1. The van der Waals surface area contributed by atoms with E-state index in [1.54, 1.807) is 24.1 Å². The van der Waals surface area contributed by atoms with E-state index >= 15 is 0 Å². The number of nitrogens with zero attached hydrogens (tertiary/aromatic N) is 2. The van der Waals surface area contributed by atoms with Gasteiger partial charge in [0.25, 0.3) is 5.91 Å². The number of amidine groups is 1. The van der Waals surface area contributed by atoms with Crippen molar-refractivity contribution in [3.63, 3.8) is 0 Å². The van der Waals surface area contributed by atoms with Crippen LogP contribution in [-0.2, 0) is 4.79 Å². The van der Waals surface area contributed by atoms with Crippen LogP contribution in [-0.4, -0.2) is 29.6 Å². The zero-order valence-corrected chi connectivity index (χ0v) is 16.2. The quantitative estimate of drug-likeness (QED) is 0.649. The fourth-order valence-corrected chi connectivity index (χ4v) is 3.42. The van der Waals surface area contributed by atoms with Gasteiger partial charge in [-0.15, -0.1) is 0 Å². The number of rotatable bonds is 5. The molecule has 4 nitrogen and oxygen atoms in total. The van der Waals surface area contributed by atoms with Crippen LogP contribution < -0.4 is 4.74 Å². The van der Waals surface area contributed by atoms with Gasteiger partial charge in [0.05, 0.1) is 17.2 Å². The number of hydrogen-bond donors (Lipinski definition) is 0. The molecule has 1 heterocycles. The maximum atomic E-state index is 12.5. The van der Waals surface area contributed by atoms with E-state index in [1.807, 2.05) is 42.5 Å². The Hall–Kier alpha value is -2.24. The Labute approximate surface area is 162 Å². The summed E-state index contributed by atoms with van der Waals surface area (Å²) in [4.78, 5) is 19.2. The number of ether oxygens (including phenoxy) is 1. The predicted molar refractivity (Wildman–Crippen MR) is 109 cm³/mol. The first-order valence-electron chi connectivity index (χ1n) is 8.31. The topological polar surface area (TPSA) is 41.9 Å². The maximum absolute atomic E-state index is 12.5. The number of amides is 1. The molecule has 1 aliphatic rings. The van der Waals surface area contributed by atoms with Gasteiger partial charge in [0.15, 0.2) is 5.17 Å². The van der Waals surface area contributed by atoms with Crippen LogP contribution in [0.1, 0.15) is 18.9 Å².